The Morgan fingerprint density at radius 3 is 2.29 bits per heavy atom. The third kappa shape index (κ3) is 2.75. The minimum absolute atomic E-state index is 0.943. The number of nitrogens with one attached hydrogen (secondary N) is 1. The summed E-state index contributed by atoms with van der Waals surface area (Å²) in [5.41, 5.74) is 6.72. The van der Waals surface area contributed by atoms with Gasteiger partial charge in [0.05, 0.1) is 5.70 Å². The van der Waals surface area contributed by atoms with E-state index in [9.17, 15) is 0 Å². The number of hydrogen-bond donors (Lipinski definition) is 1. The van der Waals surface area contributed by atoms with Crippen molar-refractivity contribution >= 4 is 5.71 Å². The van der Waals surface area contributed by atoms with E-state index in [4.69, 9.17) is 0 Å². The molecule has 0 aliphatic rings. The van der Waals surface area contributed by atoms with E-state index in [1.807, 2.05) is 20.9 Å². The van der Waals surface area contributed by atoms with Crippen LogP contribution in [0.25, 0.3) is 0 Å². The van der Waals surface area contributed by atoms with Gasteiger partial charge in [-0.3, -0.25) is 4.99 Å². The maximum Gasteiger partial charge on any atom is 0.0537 e. The highest BCUT2D eigenvalue weighted by molar-refractivity contribution is 6.01. The summed E-state index contributed by atoms with van der Waals surface area (Å²) in [6.07, 6.45) is 1.79. The first-order chi connectivity index (χ1) is 6.62. The molecule has 0 fully saturated rings. The van der Waals surface area contributed by atoms with Gasteiger partial charge in [0.25, 0.3) is 0 Å². The molecule has 0 aromatic rings. The summed E-state index contributed by atoms with van der Waals surface area (Å²) in [5.74, 6) is 0. The SMILES string of the molecule is C=C=C(C)/C(NC)=C(C=C)\C(C)=N/C. The Balaban J connectivity index is 5.57. The predicted octanol–water partition coefficient (Wildman–Crippen LogP) is 2.47. The van der Waals surface area contributed by atoms with Gasteiger partial charge < -0.3 is 5.32 Å². The van der Waals surface area contributed by atoms with Gasteiger partial charge in [-0.05, 0) is 13.8 Å². The molecule has 0 aliphatic heterocycles. The van der Waals surface area contributed by atoms with E-state index < -0.39 is 0 Å². The highest BCUT2D eigenvalue weighted by Gasteiger charge is 2.06. The summed E-state index contributed by atoms with van der Waals surface area (Å²) in [6.45, 7) is 11.3. The molecular formula is C12H18N2. The van der Waals surface area contributed by atoms with Crippen molar-refractivity contribution in [1.29, 1.82) is 0 Å². The molecule has 14 heavy (non-hydrogen) atoms. The van der Waals surface area contributed by atoms with E-state index in [0.717, 1.165) is 22.6 Å². The van der Waals surface area contributed by atoms with Crippen LogP contribution >= 0.6 is 0 Å². The van der Waals surface area contributed by atoms with Crippen LogP contribution in [0.1, 0.15) is 13.8 Å². The molecule has 0 aliphatic carbocycles. The van der Waals surface area contributed by atoms with Crippen molar-refractivity contribution in [3.05, 3.63) is 41.8 Å². The van der Waals surface area contributed by atoms with Crippen molar-refractivity contribution in [3.63, 3.8) is 0 Å². The molecule has 0 saturated carbocycles. The van der Waals surface area contributed by atoms with Gasteiger partial charge in [0.1, 0.15) is 0 Å². The number of nitrogens with zero attached hydrogens (tertiary/aromatic N) is 1. The molecule has 0 atom stereocenters. The Hall–Kier alpha value is -1.53. The van der Waals surface area contributed by atoms with Crippen LogP contribution in [-0.2, 0) is 0 Å². The molecule has 0 heterocycles. The van der Waals surface area contributed by atoms with Gasteiger partial charge in [0.2, 0.25) is 0 Å². The van der Waals surface area contributed by atoms with Gasteiger partial charge in [-0.1, -0.05) is 19.2 Å². The Morgan fingerprint density at radius 2 is 2.00 bits per heavy atom. The van der Waals surface area contributed by atoms with Crippen molar-refractivity contribution in [1.82, 2.24) is 5.32 Å². The first-order valence-corrected chi connectivity index (χ1v) is 4.47. The summed E-state index contributed by atoms with van der Waals surface area (Å²) in [5, 5.41) is 3.11. The molecule has 0 unspecified atom stereocenters. The molecule has 0 spiro atoms. The largest absolute Gasteiger partial charge is 0.387 e. The standard InChI is InChI=1S/C12H18N2/c1-7-9(3)12(14-6)11(8-2)10(4)13-5/h8,14H,1-2H2,3-6H3/b12-11+,13-10-. The Morgan fingerprint density at radius 1 is 1.43 bits per heavy atom. The summed E-state index contributed by atoms with van der Waals surface area (Å²) in [7, 11) is 3.63. The van der Waals surface area contributed by atoms with Gasteiger partial charge in [-0.2, -0.15) is 0 Å². The first kappa shape index (κ1) is 12.5. The molecule has 2 nitrogen and oxygen atoms in total. The van der Waals surface area contributed by atoms with Crippen LogP contribution < -0.4 is 5.32 Å². The van der Waals surface area contributed by atoms with Gasteiger partial charge in [-0.15, -0.1) is 5.73 Å². The number of allylic oxidation sites excluding steroid dienone is 3. The van der Waals surface area contributed by atoms with Crippen LogP contribution in [0.5, 0.6) is 0 Å². The Bertz CT molecular complexity index is 326. The molecule has 2 heteroatoms. The smallest absolute Gasteiger partial charge is 0.0537 e. The molecule has 0 saturated heterocycles. The first-order valence-electron chi connectivity index (χ1n) is 4.47. The second kappa shape index (κ2) is 6.01. The van der Waals surface area contributed by atoms with Crippen LogP contribution in [0, 0.1) is 0 Å². The van der Waals surface area contributed by atoms with Crippen LogP contribution in [-0.4, -0.2) is 19.8 Å². The summed E-state index contributed by atoms with van der Waals surface area (Å²) < 4.78 is 0. The van der Waals surface area contributed by atoms with Crippen molar-refractivity contribution in [3.8, 4) is 0 Å². The molecule has 0 amide bonds. The Kier molecular flexibility index (Phi) is 5.35. The monoisotopic (exact) mass is 190 g/mol. The zero-order valence-electron chi connectivity index (χ0n) is 9.44. The van der Waals surface area contributed by atoms with Gasteiger partial charge >= 0.3 is 0 Å². The molecule has 0 bridgehead atoms. The van der Waals surface area contributed by atoms with E-state index in [1.54, 1.807) is 13.1 Å². The van der Waals surface area contributed by atoms with E-state index >= 15 is 0 Å². The maximum absolute atomic E-state index is 4.13. The average Bonchev–Trinajstić information content (AvgIpc) is 2.23. The lowest BCUT2D eigenvalue weighted by Gasteiger charge is -2.11. The molecule has 0 aromatic heterocycles. The minimum Gasteiger partial charge on any atom is -0.387 e. The van der Waals surface area contributed by atoms with Crippen LogP contribution in [0.3, 0.4) is 0 Å². The van der Waals surface area contributed by atoms with Crippen LogP contribution in [0.2, 0.25) is 0 Å². The number of hydrogen-bond acceptors (Lipinski definition) is 2. The van der Waals surface area contributed by atoms with E-state index in [0.29, 0.717) is 0 Å². The number of rotatable bonds is 4. The highest BCUT2D eigenvalue weighted by atomic mass is 14.8. The third-order valence-electron chi connectivity index (χ3n) is 2.09. The fourth-order valence-corrected chi connectivity index (χ4v) is 1.16. The fourth-order valence-electron chi connectivity index (χ4n) is 1.16. The molecular weight excluding hydrogens is 172 g/mol. The summed E-state index contributed by atoms with van der Waals surface area (Å²) in [6, 6.07) is 0. The van der Waals surface area contributed by atoms with Gasteiger partial charge in [0.15, 0.2) is 0 Å². The van der Waals surface area contributed by atoms with Crippen molar-refractivity contribution in [2.75, 3.05) is 14.1 Å². The summed E-state index contributed by atoms with van der Waals surface area (Å²) in [4.78, 5) is 4.13. The van der Waals surface area contributed by atoms with E-state index in [1.165, 1.54) is 0 Å². The van der Waals surface area contributed by atoms with Gasteiger partial charge in [0, 0.05) is 31.0 Å². The summed E-state index contributed by atoms with van der Waals surface area (Å²) >= 11 is 0. The zero-order chi connectivity index (χ0) is 11.1. The second-order valence-electron chi connectivity index (χ2n) is 2.85. The van der Waals surface area contributed by atoms with Crippen molar-refractivity contribution in [2.24, 2.45) is 4.99 Å². The highest BCUT2D eigenvalue weighted by Crippen LogP contribution is 2.12. The molecule has 1 N–H and O–H groups in total. The lowest BCUT2D eigenvalue weighted by Crippen LogP contribution is -2.13. The lowest BCUT2D eigenvalue weighted by atomic mass is 10.0. The predicted molar refractivity (Wildman–Crippen MR) is 63.6 cm³/mol. The molecule has 0 radical (unpaired) electrons. The normalized spacial score (nSPS) is 12.7. The van der Waals surface area contributed by atoms with E-state index in [-0.39, 0.29) is 0 Å². The quantitative estimate of drug-likeness (QED) is 0.411. The molecule has 0 rings (SSSR count). The fraction of sp³-hybridized carbons (Fsp3) is 0.333. The van der Waals surface area contributed by atoms with Crippen LogP contribution in [0.4, 0.5) is 0 Å². The van der Waals surface area contributed by atoms with Gasteiger partial charge in [-0.25, -0.2) is 0 Å². The average molecular weight is 190 g/mol. The number of likely N-dealkylation sites (N-methyl/N-ethyl adjacent to an activating group) is 1. The van der Waals surface area contributed by atoms with Crippen molar-refractivity contribution in [2.45, 2.75) is 13.8 Å². The van der Waals surface area contributed by atoms with E-state index in [2.05, 4.69) is 29.2 Å². The Labute approximate surface area is 86.4 Å². The minimum atomic E-state index is 0.943. The van der Waals surface area contributed by atoms with Crippen molar-refractivity contribution < 1.29 is 0 Å². The topological polar surface area (TPSA) is 24.4 Å². The lowest BCUT2D eigenvalue weighted by molar-refractivity contribution is 0.991. The third-order valence-corrected chi connectivity index (χ3v) is 2.09. The zero-order valence-corrected chi connectivity index (χ0v) is 9.44. The number of aliphatic imine (C=N–C) groups is 1. The van der Waals surface area contributed by atoms with Crippen LogP contribution in [0.15, 0.2) is 46.8 Å². The second-order valence-corrected chi connectivity index (χ2v) is 2.85. The molecule has 0 aromatic carbocycles. The maximum atomic E-state index is 4.13. The molecule has 76 valence electrons.